The number of hydrogen-bond acceptors (Lipinski definition) is 5. The van der Waals surface area contributed by atoms with Crippen LogP contribution in [-0.2, 0) is 16.4 Å². The first-order valence-corrected chi connectivity index (χ1v) is 15.9. The van der Waals surface area contributed by atoms with Crippen LogP contribution in [0, 0.1) is 5.82 Å². The summed E-state index contributed by atoms with van der Waals surface area (Å²) in [6, 6.07) is 15.5. The van der Waals surface area contributed by atoms with Gasteiger partial charge in [0.1, 0.15) is 17.1 Å². The minimum atomic E-state index is -1.72. The van der Waals surface area contributed by atoms with Gasteiger partial charge in [0, 0.05) is 22.9 Å². The third kappa shape index (κ3) is 8.20. The number of nitrogens with zero attached hydrogens (tertiary/aromatic N) is 1. The van der Waals surface area contributed by atoms with E-state index in [-0.39, 0.29) is 16.4 Å². The van der Waals surface area contributed by atoms with Gasteiger partial charge in [-0.1, -0.05) is 86.4 Å². The topological polar surface area (TPSA) is 71.3 Å². The van der Waals surface area contributed by atoms with E-state index in [2.05, 4.69) is 55.4 Å². The maximum absolute atomic E-state index is 14.2. The summed E-state index contributed by atoms with van der Waals surface area (Å²) in [6.07, 6.45) is 5.11. The molecule has 0 aromatic heterocycles. The van der Waals surface area contributed by atoms with Crippen molar-refractivity contribution in [2.24, 2.45) is 4.99 Å². The van der Waals surface area contributed by atoms with Gasteiger partial charge in [-0.05, 0) is 78.1 Å². The lowest BCUT2D eigenvalue weighted by Gasteiger charge is -2.37. The molecule has 0 fully saturated rings. The first-order chi connectivity index (χ1) is 20.6. The van der Waals surface area contributed by atoms with Crippen molar-refractivity contribution in [1.29, 1.82) is 0 Å². The Hall–Kier alpha value is -3.38. The molecular formula is C38H52FNO4. The van der Waals surface area contributed by atoms with E-state index in [1.807, 2.05) is 43.3 Å². The highest BCUT2D eigenvalue weighted by Crippen LogP contribution is 2.46. The van der Waals surface area contributed by atoms with Gasteiger partial charge in [-0.15, -0.1) is 0 Å². The van der Waals surface area contributed by atoms with E-state index >= 15 is 0 Å². The van der Waals surface area contributed by atoms with Crippen molar-refractivity contribution in [2.75, 3.05) is 13.2 Å². The van der Waals surface area contributed by atoms with Crippen LogP contribution < -0.4 is 9.47 Å². The quantitative estimate of drug-likeness (QED) is 0.150. The lowest BCUT2D eigenvalue weighted by atomic mass is 9.75. The van der Waals surface area contributed by atoms with Crippen LogP contribution in [0.5, 0.6) is 17.2 Å². The molecule has 0 heterocycles. The number of aromatic hydroxyl groups is 1. The van der Waals surface area contributed by atoms with Gasteiger partial charge in [0.15, 0.2) is 11.6 Å². The summed E-state index contributed by atoms with van der Waals surface area (Å²) in [6.45, 7) is 19.9. The van der Waals surface area contributed by atoms with Gasteiger partial charge in [0.2, 0.25) is 0 Å². The molecule has 3 aromatic rings. The molecule has 3 aromatic carbocycles. The fourth-order valence-electron chi connectivity index (χ4n) is 5.02. The van der Waals surface area contributed by atoms with Gasteiger partial charge in [-0.3, -0.25) is 4.99 Å². The Labute approximate surface area is 264 Å². The molecule has 240 valence electrons. The predicted octanol–water partition coefficient (Wildman–Crippen LogP) is 9.23. The Bertz CT molecular complexity index is 1350. The summed E-state index contributed by atoms with van der Waals surface area (Å²) in [4.78, 5) is 4.77. The number of ether oxygens (including phenoxy) is 2. The van der Waals surface area contributed by atoms with Crippen LogP contribution in [0.1, 0.15) is 116 Å². The minimum Gasteiger partial charge on any atom is -0.504 e. The van der Waals surface area contributed by atoms with Crippen molar-refractivity contribution in [2.45, 2.75) is 110 Å². The number of benzene rings is 3. The lowest BCUT2D eigenvalue weighted by Crippen LogP contribution is -2.39. The van der Waals surface area contributed by atoms with Crippen LogP contribution in [0.4, 0.5) is 4.39 Å². The summed E-state index contributed by atoms with van der Waals surface area (Å²) in [5, 5.41) is 23.6. The van der Waals surface area contributed by atoms with Gasteiger partial charge < -0.3 is 19.7 Å². The Morgan fingerprint density at radius 2 is 1.27 bits per heavy atom. The van der Waals surface area contributed by atoms with Gasteiger partial charge >= 0.3 is 0 Å². The van der Waals surface area contributed by atoms with E-state index in [1.165, 1.54) is 18.3 Å². The van der Waals surface area contributed by atoms with Crippen molar-refractivity contribution >= 4 is 6.21 Å². The van der Waals surface area contributed by atoms with E-state index in [1.54, 1.807) is 6.07 Å². The van der Waals surface area contributed by atoms with E-state index < -0.39 is 23.2 Å². The summed E-state index contributed by atoms with van der Waals surface area (Å²) in [7, 11) is 0. The third-order valence-electron chi connectivity index (χ3n) is 8.08. The first-order valence-electron chi connectivity index (χ1n) is 15.9. The molecule has 44 heavy (non-hydrogen) atoms. The van der Waals surface area contributed by atoms with Crippen LogP contribution in [0.2, 0.25) is 0 Å². The van der Waals surface area contributed by atoms with Gasteiger partial charge in [0.25, 0.3) is 0 Å². The average molecular weight is 606 g/mol. The zero-order valence-corrected chi connectivity index (χ0v) is 28.1. The largest absolute Gasteiger partial charge is 0.504 e. The Balaban J connectivity index is 2.38. The summed E-state index contributed by atoms with van der Waals surface area (Å²) < 4.78 is 26.9. The molecule has 5 nitrogen and oxygen atoms in total. The second-order valence-electron chi connectivity index (χ2n) is 13.7. The van der Waals surface area contributed by atoms with Crippen molar-refractivity contribution in [1.82, 2.24) is 0 Å². The normalized spacial score (nSPS) is 13.3. The van der Waals surface area contributed by atoms with Gasteiger partial charge in [0.05, 0.1) is 19.3 Å². The fraction of sp³-hybridized carbons (Fsp3) is 0.500. The molecule has 0 aliphatic carbocycles. The summed E-state index contributed by atoms with van der Waals surface area (Å²) >= 11 is 0. The molecule has 6 heteroatoms. The van der Waals surface area contributed by atoms with E-state index in [4.69, 9.17) is 14.5 Å². The van der Waals surface area contributed by atoms with E-state index in [9.17, 15) is 14.6 Å². The Morgan fingerprint density at radius 3 is 1.70 bits per heavy atom. The number of aliphatic imine (C=N–C) groups is 1. The standard InChI is InChI=1S/C38H52FNO4/c1-10-12-21-43-33-19-17-28(36(4,5)6)23-30(33)38(42,26(3)40-25-27-15-14-16-32(39)35(27)41)31-24-29(37(7,8)9)18-20-34(31)44-22-13-11-2/h14-20,23-26,41-42H,10-13,21-22H2,1-9H3. The Morgan fingerprint density at radius 1 is 0.795 bits per heavy atom. The summed E-state index contributed by atoms with van der Waals surface area (Å²) in [5.74, 6) is -0.0648. The number of para-hydroxylation sites is 1. The molecule has 2 N–H and O–H groups in total. The minimum absolute atomic E-state index is 0.203. The SMILES string of the molecule is CCCCOc1ccc(C(C)(C)C)cc1C(O)(c1cc(C(C)(C)C)ccc1OCCCC)C(C)N=Cc1cccc(F)c1O. The molecule has 0 amide bonds. The predicted molar refractivity (Wildman–Crippen MR) is 179 cm³/mol. The van der Waals surface area contributed by atoms with Crippen molar-refractivity contribution in [3.05, 3.63) is 88.2 Å². The molecule has 0 radical (unpaired) electrons. The van der Waals surface area contributed by atoms with E-state index in [0.717, 1.165) is 36.8 Å². The number of phenols is 1. The highest BCUT2D eigenvalue weighted by molar-refractivity contribution is 5.83. The molecule has 1 unspecified atom stereocenters. The molecule has 0 aliphatic heterocycles. The van der Waals surface area contributed by atoms with Crippen LogP contribution in [-0.4, -0.2) is 35.7 Å². The van der Waals surface area contributed by atoms with Crippen LogP contribution in [0.3, 0.4) is 0 Å². The molecule has 3 rings (SSSR count). The molecular weight excluding hydrogens is 553 g/mol. The number of unbranched alkanes of at least 4 members (excludes halogenated alkanes) is 2. The monoisotopic (exact) mass is 605 g/mol. The maximum atomic E-state index is 14.2. The zero-order valence-electron chi connectivity index (χ0n) is 28.1. The number of aliphatic hydroxyl groups is 1. The molecule has 0 saturated carbocycles. The number of rotatable bonds is 13. The second kappa shape index (κ2) is 14.6. The van der Waals surface area contributed by atoms with Crippen LogP contribution in [0.25, 0.3) is 0 Å². The highest BCUT2D eigenvalue weighted by Gasteiger charge is 2.43. The molecule has 1 atom stereocenters. The molecule has 0 saturated heterocycles. The van der Waals surface area contributed by atoms with Crippen LogP contribution >= 0.6 is 0 Å². The highest BCUT2D eigenvalue weighted by atomic mass is 19.1. The van der Waals surface area contributed by atoms with E-state index in [0.29, 0.717) is 35.8 Å². The molecule has 0 bridgehead atoms. The van der Waals surface area contributed by atoms with Crippen molar-refractivity contribution in [3.8, 4) is 17.2 Å². The lowest BCUT2D eigenvalue weighted by molar-refractivity contribution is 0.0519. The first kappa shape index (κ1) is 35.1. The van der Waals surface area contributed by atoms with Crippen LogP contribution in [0.15, 0.2) is 59.6 Å². The maximum Gasteiger partial charge on any atom is 0.165 e. The smallest absolute Gasteiger partial charge is 0.165 e. The van der Waals surface area contributed by atoms with Gasteiger partial charge in [-0.25, -0.2) is 4.39 Å². The summed E-state index contributed by atoms with van der Waals surface area (Å²) in [5.41, 5.74) is 1.34. The van der Waals surface area contributed by atoms with Gasteiger partial charge in [-0.2, -0.15) is 0 Å². The fourth-order valence-corrected chi connectivity index (χ4v) is 5.02. The second-order valence-corrected chi connectivity index (χ2v) is 13.7. The molecule has 0 aliphatic rings. The number of phenolic OH excluding ortho intramolecular Hbond substituents is 1. The van der Waals surface area contributed by atoms with Crippen molar-refractivity contribution < 1.29 is 24.1 Å². The third-order valence-corrected chi connectivity index (χ3v) is 8.08. The number of hydrogen-bond donors (Lipinski definition) is 2. The average Bonchev–Trinajstić information content (AvgIpc) is 2.96. The number of halogens is 1. The zero-order chi connectivity index (χ0) is 32.7. The van der Waals surface area contributed by atoms with Crippen molar-refractivity contribution in [3.63, 3.8) is 0 Å². The molecule has 0 spiro atoms. The Kier molecular flexibility index (Phi) is 11.6.